The molecule has 0 fully saturated rings. The summed E-state index contributed by atoms with van der Waals surface area (Å²) >= 11 is 0. The number of fused-ring (bicyclic) bond motifs is 1. The van der Waals surface area contributed by atoms with E-state index in [1.165, 1.54) is 42.3 Å². The maximum Gasteiger partial charge on any atom is 0.417 e. The second-order valence-corrected chi connectivity index (χ2v) is 6.08. The second kappa shape index (κ2) is 7.38. The van der Waals surface area contributed by atoms with Crippen molar-refractivity contribution in [1.82, 2.24) is 4.98 Å². The van der Waals surface area contributed by atoms with Crippen LogP contribution in [0.1, 0.15) is 12.5 Å². The molecule has 1 aromatic heterocycles. The van der Waals surface area contributed by atoms with Gasteiger partial charge in [0.2, 0.25) is 0 Å². The largest absolute Gasteiger partial charge is 0.449 e. The molecule has 0 radical (unpaired) electrons. The van der Waals surface area contributed by atoms with E-state index in [9.17, 15) is 22.8 Å². The second-order valence-electron chi connectivity index (χ2n) is 6.08. The summed E-state index contributed by atoms with van der Waals surface area (Å²) in [5, 5.41) is 0.707. The van der Waals surface area contributed by atoms with Crippen LogP contribution in [0.4, 0.5) is 23.7 Å². The van der Waals surface area contributed by atoms with Gasteiger partial charge in [0.15, 0.2) is 0 Å². The molecule has 146 valence electrons. The summed E-state index contributed by atoms with van der Waals surface area (Å²) in [4.78, 5) is 28.1. The topological polar surface area (TPSA) is 62.4 Å². The van der Waals surface area contributed by atoms with Gasteiger partial charge in [-0.05, 0) is 36.6 Å². The number of aromatic amines is 1. The quantitative estimate of drug-likeness (QED) is 0.698. The summed E-state index contributed by atoms with van der Waals surface area (Å²) in [5.74, 6) is 0. The number of hydrogen-bond donors (Lipinski definition) is 1. The molecule has 0 bridgehead atoms. The van der Waals surface area contributed by atoms with Gasteiger partial charge in [-0.15, -0.1) is 0 Å². The number of anilines is 1. The maximum absolute atomic E-state index is 13.3. The lowest BCUT2D eigenvalue weighted by molar-refractivity contribution is -0.137. The van der Waals surface area contributed by atoms with Crippen LogP contribution < -0.4 is 10.5 Å². The van der Waals surface area contributed by atoms with Crippen LogP contribution in [0, 0.1) is 0 Å². The van der Waals surface area contributed by atoms with Gasteiger partial charge in [0.25, 0.3) is 5.56 Å². The van der Waals surface area contributed by atoms with E-state index in [1.807, 2.05) is 0 Å². The molecule has 0 atom stereocenters. The molecule has 0 unspecified atom stereocenters. The van der Waals surface area contributed by atoms with Crippen molar-refractivity contribution in [2.45, 2.75) is 13.1 Å². The van der Waals surface area contributed by atoms with Gasteiger partial charge >= 0.3 is 12.3 Å². The van der Waals surface area contributed by atoms with Crippen LogP contribution in [-0.4, -0.2) is 24.7 Å². The maximum atomic E-state index is 13.3. The highest BCUT2D eigenvalue weighted by molar-refractivity contribution is 5.93. The van der Waals surface area contributed by atoms with Gasteiger partial charge in [0.1, 0.15) is 0 Å². The summed E-state index contributed by atoms with van der Waals surface area (Å²) in [6.45, 7) is 1.89. The zero-order valence-corrected chi connectivity index (χ0v) is 15.1. The lowest BCUT2D eigenvalue weighted by Gasteiger charge is -2.17. The van der Waals surface area contributed by atoms with Gasteiger partial charge < -0.3 is 9.72 Å². The summed E-state index contributed by atoms with van der Waals surface area (Å²) in [5.41, 5.74) is -0.995. The highest BCUT2D eigenvalue weighted by Gasteiger charge is 2.33. The van der Waals surface area contributed by atoms with Crippen LogP contribution in [-0.2, 0) is 10.9 Å². The fourth-order valence-electron chi connectivity index (χ4n) is 2.89. The molecule has 3 aromatic rings. The summed E-state index contributed by atoms with van der Waals surface area (Å²) in [7, 11) is 1.50. The standard InChI is InChI=1S/C20H17F3N2O3/c1-3-28-19(27)25(2)13-9-8-12-10-17(24-18(26)15(12)11-13)14-6-4-5-7-16(14)20(21,22)23/h4-11H,3H2,1-2H3,(H,24,26). The van der Waals surface area contributed by atoms with E-state index < -0.39 is 23.4 Å². The molecule has 0 saturated carbocycles. The fourth-order valence-corrected chi connectivity index (χ4v) is 2.89. The van der Waals surface area contributed by atoms with Crippen molar-refractivity contribution in [3.8, 4) is 11.3 Å². The molecule has 3 rings (SSSR count). The Hall–Kier alpha value is -3.29. The highest BCUT2D eigenvalue weighted by atomic mass is 19.4. The number of hydrogen-bond acceptors (Lipinski definition) is 3. The Balaban J connectivity index is 2.10. The van der Waals surface area contributed by atoms with E-state index in [0.29, 0.717) is 11.1 Å². The van der Waals surface area contributed by atoms with Gasteiger partial charge in [0, 0.05) is 29.4 Å². The first-order chi connectivity index (χ1) is 13.2. The molecule has 0 aliphatic rings. The smallest absolute Gasteiger partial charge is 0.417 e. The summed E-state index contributed by atoms with van der Waals surface area (Å²) in [6.07, 6.45) is -5.12. The number of amides is 1. The molecule has 0 spiro atoms. The number of nitrogens with zero attached hydrogens (tertiary/aromatic N) is 1. The van der Waals surface area contributed by atoms with Crippen molar-refractivity contribution < 1.29 is 22.7 Å². The number of H-pyrrole nitrogens is 1. The molecule has 0 aliphatic heterocycles. The van der Waals surface area contributed by atoms with Gasteiger partial charge in [-0.1, -0.05) is 24.3 Å². The highest BCUT2D eigenvalue weighted by Crippen LogP contribution is 2.36. The number of ether oxygens (including phenoxy) is 1. The Morgan fingerprint density at radius 1 is 1.14 bits per heavy atom. The van der Waals surface area contributed by atoms with Crippen molar-refractivity contribution >= 4 is 22.6 Å². The number of rotatable bonds is 3. The lowest BCUT2D eigenvalue weighted by Crippen LogP contribution is -2.27. The molecule has 1 amide bonds. The number of alkyl halides is 3. The third-order valence-corrected chi connectivity index (χ3v) is 4.28. The molecule has 5 nitrogen and oxygen atoms in total. The molecule has 1 N–H and O–H groups in total. The first kappa shape index (κ1) is 19.5. The van der Waals surface area contributed by atoms with Crippen molar-refractivity contribution in [2.75, 3.05) is 18.6 Å². The van der Waals surface area contributed by atoms with Crippen LogP contribution in [0.3, 0.4) is 0 Å². The van der Waals surface area contributed by atoms with E-state index in [4.69, 9.17) is 4.74 Å². The van der Waals surface area contributed by atoms with Gasteiger partial charge in [-0.2, -0.15) is 13.2 Å². The Morgan fingerprint density at radius 2 is 1.86 bits per heavy atom. The molecule has 2 aromatic carbocycles. The number of nitrogens with one attached hydrogen (secondary N) is 1. The predicted molar refractivity (Wildman–Crippen MR) is 100 cm³/mol. The minimum absolute atomic E-state index is 0.0666. The van der Waals surface area contributed by atoms with Crippen molar-refractivity contribution in [3.05, 3.63) is 64.4 Å². The van der Waals surface area contributed by atoms with Crippen LogP contribution >= 0.6 is 0 Å². The fraction of sp³-hybridized carbons (Fsp3) is 0.200. The molecule has 8 heteroatoms. The Labute approximate surface area is 158 Å². The molecule has 0 aliphatic carbocycles. The normalized spacial score (nSPS) is 11.5. The van der Waals surface area contributed by atoms with E-state index in [-0.39, 0.29) is 23.3 Å². The van der Waals surface area contributed by atoms with E-state index in [1.54, 1.807) is 19.1 Å². The van der Waals surface area contributed by atoms with Crippen LogP contribution in [0.15, 0.2) is 53.3 Å². The zero-order chi connectivity index (χ0) is 20.5. The molecule has 28 heavy (non-hydrogen) atoms. The van der Waals surface area contributed by atoms with Crippen molar-refractivity contribution in [1.29, 1.82) is 0 Å². The SMILES string of the molecule is CCOC(=O)N(C)c1ccc2cc(-c3ccccc3C(F)(F)F)[nH]c(=O)c2c1. The van der Waals surface area contributed by atoms with E-state index in [0.717, 1.165) is 6.07 Å². The Bertz CT molecular complexity index is 1090. The third kappa shape index (κ3) is 3.71. The van der Waals surface area contributed by atoms with Crippen LogP contribution in [0.5, 0.6) is 0 Å². The molecule has 0 saturated heterocycles. The number of aromatic nitrogens is 1. The first-order valence-electron chi connectivity index (χ1n) is 8.46. The van der Waals surface area contributed by atoms with Crippen LogP contribution in [0.2, 0.25) is 0 Å². The summed E-state index contributed by atoms with van der Waals surface area (Å²) in [6, 6.07) is 11.2. The number of pyridine rings is 1. The average Bonchev–Trinajstić information content (AvgIpc) is 2.66. The monoisotopic (exact) mass is 390 g/mol. The van der Waals surface area contributed by atoms with Gasteiger partial charge in [0.05, 0.1) is 12.2 Å². The minimum atomic E-state index is -4.55. The van der Waals surface area contributed by atoms with Crippen molar-refractivity contribution in [3.63, 3.8) is 0 Å². The van der Waals surface area contributed by atoms with Crippen molar-refractivity contribution in [2.24, 2.45) is 0 Å². The first-order valence-corrected chi connectivity index (χ1v) is 8.46. The van der Waals surface area contributed by atoms with Gasteiger partial charge in [-0.3, -0.25) is 9.69 Å². The van der Waals surface area contributed by atoms with Crippen LogP contribution in [0.25, 0.3) is 22.0 Å². The number of benzene rings is 2. The van der Waals surface area contributed by atoms with Gasteiger partial charge in [-0.25, -0.2) is 4.79 Å². The Kier molecular flexibility index (Phi) is 5.13. The average molecular weight is 390 g/mol. The number of carbonyl (C=O) groups excluding carboxylic acids is 1. The van der Waals surface area contributed by atoms with E-state index in [2.05, 4.69) is 4.98 Å². The third-order valence-electron chi connectivity index (χ3n) is 4.28. The Morgan fingerprint density at radius 3 is 2.54 bits per heavy atom. The predicted octanol–water partition coefficient (Wildman–Crippen LogP) is 4.81. The minimum Gasteiger partial charge on any atom is -0.449 e. The zero-order valence-electron chi connectivity index (χ0n) is 15.1. The number of halogens is 3. The van der Waals surface area contributed by atoms with E-state index >= 15 is 0 Å². The number of carbonyl (C=O) groups is 1. The lowest BCUT2D eigenvalue weighted by atomic mass is 10.0. The summed E-state index contributed by atoms with van der Waals surface area (Å²) < 4.78 is 44.8. The molecular formula is C20H17F3N2O3. The molecule has 1 heterocycles. The molecular weight excluding hydrogens is 373 g/mol.